The molecule has 1 aliphatic carbocycles. The summed E-state index contributed by atoms with van der Waals surface area (Å²) in [5.41, 5.74) is 8.13. The van der Waals surface area contributed by atoms with Crippen molar-refractivity contribution in [2.24, 2.45) is 5.92 Å². The molecule has 0 aromatic carbocycles. The summed E-state index contributed by atoms with van der Waals surface area (Å²) in [6, 6.07) is 0. The molecule has 2 N–H and O–H groups in total. The number of aromatic nitrogens is 2. The van der Waals surface area contributed by atoms with Crippen LogP contribution in [0, 0.1) is 19.8 Å². The van der Waals surface area contributed by atoms with E-state index in [2.05, 4.69) is 5.10 Å². The highest BCUT2D eigenvalue weighted by Gasteiger charge is 2.21. The molecule has 1 aromatic rings. The third-order valence-electron chi connectivity index (χ3n) is 3.77. The normalized spacial score (nSPS) is 14.6. The quantitative estimate of drug-likeness (QED) is 0.755. The SMILES string of the molecule is Cc1nn(CC(=O)N(C)CCOCC2CC2)c(C)c1N. The summed E-state index contributed by atoms with van der Waals surface area (Å²) < 4.78 is 7.20. The number of ether oxygens (including phenoxy) is 1. The van der Waals surface area contributed by atoms with E-state index < -0.39 is 0 Å². The lowest BCUT2D eigenvalue weighted by Crippen LogP contribution is -2.33. The molecule has 6 nitrogen and oxygen atoms in total. The van der Waals surface area contributed by atoms with Crippen molar-refractivity contribution in [2.45, 2.75) is 33.2 Å². The van der Waals surface area contributed by atoms with Gasteiger partial charge in [-0.1, -0.05) is 0 Å². The van der Waals surface area contributed by atoms with E-state index in [1.165, 1.54) is 12.8 Å². The summed E-state index contributed by atoms with van der Waals surface area (Å²) in [5.74, 6) is 0.777. The van der Waals surface area contributed by atoms with Crippen LogP contribution in [0.4, 0.5) is 5.69 Å². The third kappa shape index (κ3) is 3.72. The number of nitrogens with zero attached hydrogens (tertiary/aromatic N) is 3. The standard InChI is InChI=1S/C14H24N4O2/c1-10-14(15)11(2)18(16-10)8-13(19)17(3)6-7-20-9-12-4-5-12/h12H,4-9,15H2,1-3H3. The van der Waals surface area contributed by atoms with Crippen molar-refractivity contribution in [3.05, 3.63) is 11.4 Å². The Labute approximate surface area is 119 Å². The molecule has 112 valence electrons. The number of nitrogens with two attached hydrogens (primary N) is 1. The van der Waals surface area contributed by atoms with E-state index >= 15 is 0 Å². The molecule has 1 fully saturated rings. The highest BCUT2D eigenvalue weighted by molar-refractivity contribution is 5.75. The van der Waals surface area contributed by atoms with Crippen molar-refractivity contribution in [3.63, 3.8) is 0 Å². The Kier molecular flexibility index (Phi) is 4.65. The maximum atomic E-state index is 12.1. The minimum Gasteiger partial charge on any atom is -0.396 e. The molecule has 20 heavy (non-hydrogen) atoms. The lowest BCUT2D eigenvalue weighted by Gasteiger charge is -2.17. The van der Waals surface area contributed by atoms with Crippen molar-refractivity contribution in [3.8, 4) is 0 Å². The van der Waals surface area contributed by atoms with Gasteiger partial charge in [-0.05, 0) is 32.6 Å². The van der Waals surface area contributed by atoms with Crippen molar-refractivity contribution >= 4 is 11.6 Å². The smallest absolute Gasteiger partial charge is 0.244 e. The molecule has 1 saturated carbocycles. The van der Waals surface area contributed by atoms with Gasteiger partial charge in [-0.15, -0.1) is 0 Å². The first-order valence-corrected chi connectivity index (χ1v) is 7.10. The van der Waals surface area contributed by atoms with E-state index in [0.29, 0.717) is 18.8 Å². The first-order chi connectivity index (χ1) is 9.49. The number of anilines is 1. The largest absolute Gasteiger partial charge is 0.396 e. The molecule has 0 unspecified atom stereocenters. The Balaban J connectivity index is 1.76. The van der Waals surface area contributed by atoms with Gasteiger partial charge in [0.1, 0.15) is 6.54 Å². The molecule has 0 aliphatic heterocycles. The van der Waals surface area contributed by atoms with Crippen LogP contribution in [0.15, 0.2) is 0 Å². The Morgan fingerprint density at radius 2 is 2.20 bits per heavy atom. The molecule has 0 saturated heterocycles. The minimum absolute atomic E-state index is 0.0191. The van der Waals surface area contributed by atoms with Gasteiger partial charge in [0.2, 0.25) is 5.91 Å². The molecule has 1 aromatic heterocycles. The van der Waals surface area contributed by atoms with Gasteiger partial charge >= 0.3 is 0 Å². The fraction of sp³-hybridized carbons (Fsp3) is 0.714. The number of amides is 1. The fourth-order valence-electron chi connectivity index (χ4n) is 1.97. The van der Waals surface area contributed by atoms with E-state index in [9.17, 15) is 4.79 Å². The molecular formula is C14H24N4O2. The summed E-state index contributed by atoms with van der Waals surface area (Å²) in [5, 5.41) is 4.27. The van der Waals surface area contributed by atoms with Crippen LogP contribution in [-0.2, 0) is 16.1 Å². The molecule has 0 radical (unpaired) electrons. The first-order valence-electron chi connectivity index (χ1n) is 7.10. The van der Waals surface area contributed by atoms with Gasteiger partial charge in [0, 0.05) is 20.2 Å². The number of nitrogen functional groups attached to an aromatic ring is 1. The van der Waals surface area contributed by atoms with Crippen molar-refractivity contribution in [1.82, 2.24) is 14.7 Å². The van der Waals surface area contributed by atoms with Gasteiger partial charge in [0.25, 0.3) is 0 Å². The predicted molar refractivity (Wildman–Crippen MR) is 77.3 cm³/mol. The molecule has 1 aliphatic rings. The summed E-state index contributed by atoms with van der Waals surface area (Å²) in [7, 11) is 1.79. The second-order valence-electron chi connectivity index (χ2n) is 5.58. The molecule has 1 amide bonds. The average Bonchev–Trinajstić information content (AvgIpc) is 3.20. The number of rotatable bonds is 7. The molecule has 1 heterocycles. The van der Waals surface area contributed by atoms with Crippen molar-refractivity contribution < 1.29 is 9.53 Å². The third-order valence-corrected chi connectivity index (χ3v) is 3.77. The fourth-order valence-corrected chi connectivity index (χ4v) is 1.97. The number of aryl methyl sites for hydroxylation is 1. The number of carbonyl (C=O) groups is 1. The molecule has 0 atom stereocenters. The zero-order valence-corrected chi connectivity index (χ0v) is 12.6. The van der Waals surface area contributed by atoms with Gasteiger partial charge in [-0.3, -0.25) is 9.48 Å². The monoisotopic (exact) mass is 280 g/mol. The van der Waals surface area contributed by atoms with E-state index in [0.717, 1.165) is 23.9 Å². The highest BCUT2D eigenvalue weighted by atomic mass is 16.5. The molecule has 2 rings (SSSR count). The summed E-state index contributed by atoms with van der Waals surface area (Å²) in [6.07, 6.45) is 2.57. The van der Waals surface area contributed by atoms with E-state index in [4.69, 9.17) is 10.5 Å². The second-order valence-corrected chi connectivity index (χ2v) is 5.58. The van der Waals surface area contributed by atoms with Crippen LogP contribution in [0.2, 0.25) is 0 Å². The van der Waals surface area contributed by atoms with Gasteiger partial charge in [-0.25, -0.2) is 0 Å². The number of hydrogen-bond acceptors (Lipinski definition) is 4. The van der Waals surface area contributed by atoms with Crippen LogP contribution in [0.1, 0.15) is 24.2 Å². The predicted octanol–water partition coefficient (Wildman–Crippen LogP) is 0.967. The zero-order chi connectivity index (χ0) is 14.7. The summed E-state index contributed by atoms with van der Waals surface area (Å²) >= 11 is 0. The number of hydrogen-bond donors (Lipinski definition) is 1. The van der Waals surface area contributed by atoms with Crippen LogP contribution >= 0.6 is 0 Å². The Morgan fingerprint density at radius 3 is 2.75 bits per heavy atom. The van der Waals surface area contributed by atoms with Crippen molar-refractivity contribution in [2.75, 3.05) is 32.5 Å². The summed E-state index contributed by atoms with van der Waals surface area (Å²) in [6.45, 7) is 5.98. The molecule has 0 spiro atoms. The Bertz CT molecular complexity index is 480. The molecule has 6 heteroatoms. The van der Waals surface area contributed by atoms with Crippen LogP contribution in [0.3, 0.4) is 0 Å². The lowest BCUT2D eigenvalue weighted by atomic mass is 10.3. The Hall–Kier alpha value is -1.56. The molecular weight excluding hydrogens is 256 g/mol. The Morgan fingerprint density at radius 1 is 1.50 bits per heavy atom. The van der Waals surface area contributed by atoms with Gasteiger partial charge in [-0.2, -0.15) is 5.10 Å². The van der Waals surface area contributed by atoms with Gasteiger partial charge < -0.3 is 15.4 Å². The number of carbonyl (C=O) groups excluding carboxylic acids is 1. The highest BCUT2D eigenvalue weighted by Crippen LogP contribution is 2.28. The van der Waals surface area contributed by atoms with E-state index in [1.54, 1.807) is 16.6 Å². The van der Waals surface area contributed by atoms with Crippen LogP contribution in [-0.4, -0.2) is 47.4 Å². The van der Waals surface area contributed by atoms with Crippen LogP contribution in [0.5, 0.6) is 0 Å². The summed E-state index contributed by atoms with van der Waals surface area (Å²) in [4.78, 5) is 13.8. The van der Waals surface area contributed by atoms with Crippen molar-refractivity contribution in [1.29, 1.82) is 0 Å². The first kappa shape index (κ1) is 14.8. The molecule has 0 bridgehead atoms. The van der Waals surface area contributed by atoms with Gasteiger partial charge in [0.05, 0.1) is 23.7 Å². The van der Waals surface area contributed by atoms with E-state index in [-0.39, 0.29) is 12.5 Å². The lowest BCUT2D eigenvalue weighted by molar-refractivity contribution is -0.131. The minimum atomic E-state index is 0.0191. The average molecular weight is 280 g/mol. The topological polar surface area (TPSA) is 73.4 Å². The maximum Gasteiger partial charge on any atom is 0.244 e. The second kappa shape index (κ2) is 6.26. The maximum absolute atomic E-state index is 12.1. The zero-order valence-electron chi connectivity index (χ0n) is 12.6. The van der Waals surface area contributed by atoms with E-state index in [1.807, 2.05) is 13.8 Å². The van der Waals surface area contributed by atoms with Crippen LogP contribution in [0.25, 0.3) is 0 Å². The number of likely N-dealkylation sites (N-methyl/N-ethyl adjacent to an activating group) is 1. The van der Waals surface area contributed by atoms with Crippen LogP contribution < -0.4 is 5.73 Å². The van der Waals surface area contributed by atoms with Gasteiger partial charge in [0.15, 0.2) is 0 Å².